The van der Waals surface area contributed by atoms with Crippen molar-refractivity contribution in [2.24, 2.45) is 17.3 Å². The van der Waals surface area contributed by atoms with E-state index in [1.54, 1.807) is 0 Å². The van der Waals surface area contributed by atoms with Crippen LogP contribution in [0.25, 0.3) is 0 Å². The van der Waals surface area contributed by atoms with E-state index in [-0.39, 0.29) is 60.2 Å². The first-order valence-electron chi connectivity index (χ1n) is 17.5. The number of hydrogen-bond acceptors (Lipinski definition) is 8. The van der Waals surface area contributed by atoms with Crippen LogP contribution in [-0.2, 0) is 33.3 Å². The molecule has 8 nitrogen and oxygen atoms in total. The van der Waals surface area contributed by atoms with Crippen LogP contribution in [0.5, 0.6) is 0 Å². The Hall–Kier alpha value is -1.32. The van der Waals surface area contributed by atoms with Crippen LogP contribution in [0.15, 0.2) is 12.2 Å². The lowest BCUT2D eigenvalue weighted by Crippen LogP contribution is -2.37. The van der Waals surface area contributed by atoms with Gasteiger partial charge in [0.1, 0.15) is 11.4 Å². The van der Waals surface area contributed by atoms with E-state index >= 15 is 0 Å². The van der Waals surface area contributed by atoms with Gasteiger partial charge in [0.2, 0.25) is 0 Å². The molecule has 2 saturated heterocycles. The molecule has 8 heteroatoms. The number of ketones is 1. The van der Waals surface area contributed by atoms with Crippen molar-refractivity contribution < 1.29 is 38.4 Å². The molecular formula is C36H62O8. The zero-order valence-electron chi connectivity index (χ0n) is 28.5. The molecule has 44 heavy (non-hydrogen) atoms. The van der Waals surface area contributed by atoms with Crippen molar-refractivity contribution in [1.82, 2.24) is 0 Å². The number of Topliss-reactive ketones (excluding diaryl/α,β-unsaturated/α-hetero) is 1. The number of unbranched alkanes of at least 4 members (excludes halogenated alkanes) is 2. The van der Waals surface area contributed by atoms with Crippen molar-refractivity contribution in [3.05, 3.63) is 12.2 Å². The summed E-state index contributed by atoms with van der Waals surface area (Å²) in [7, 11) is 0. The highest BCUT2D eigenvalue weighted by Gasteiger charge is 2.43. The molecule has 1 N–H and O–H groups in total. The highest BCUT2D eigenvalue weighted by molar-refractivity contribution is 5.84. The number of aliphatic hydroxyl groups excluding tert-OH is 1. The second-order valence-electron chi connectivity index (χ2n) is 14.9. The Bertz CT molecular complexity index is 881. The number of aliphatic hydroxyl groups is 1. The van der Waals surface area contributed by atoms with Crippen molar-refractivity contribution >= 4 is 11.8 Å². The molecule has 0 amide bonds. The quantitative estimate of drug-likeness (QED) is 0.101. The van der Waals surface area contributed by atoms with E-state index in [1.165, 1.54) is 0 Å². The molecule has 2 aliphatic heterocycles. The molecule has 3 aliphatic rings. The lowest BCUT2D eigenvalue weighted by molar-refractivity contribution is -0.198. The topological polar surface area (TPSA) is 101 Å². The number of rotatable bonds is 17. The Morgan fingerprint density at radius 1 is 1.00 bits per heavy atom. The van der Waals surface area contributed by atoms with Crippen molar-refractivity contribution in [2.75, 3.05) is 13.2 Å². The first-order valence-corrected chi connectivity index (χ1v) is 17.5. The van der Waals surface area contributed by atoms with Gasteiger partial charge in [-0.15, -0.1) is 0 Å². The van der Waals surface area contributed by atoms with E-state index in [0.717, 1.165) is 83.7 Å². The maximum Gasteiger partial charge on any atom is 0.308 e. The molecule has 1 aliphatic carbocycles. The summed E-state index contributed by atoms with van der Waals surface area (Å²) in [4.78, 5) is 25.5. The number of hydrogen-bond donors (Lipinski definition) is 1. The van der Waals surface area contributed by atoms with Crippen molar-refractivity contribution in [2.45, 2.75) is 174 Å². The summed E-state index contributed by atoms with van der Waals surface area (Å²) in [6.45, 7) is 13.7. The molecule has 0 aromatic heterocycles. The zero-order valence-corrected chi connectivity index (χ0v) is 28.5. The van der Waals surface area contributed by atoms with Crippen LogP contribution in [0, 0.1) is 17.3 Å². The van der Waals surface area contributed by atoms with E-state index in [9.17, 15) is 14.7 Å². The average Bonchev–Trinajstić information content (AvgIpc) is 3.25. The van der Waals surface area contributed by atoms with Crippen molar-refractivity contribution in [3.8, 4) is 0 Å². The number of carbonyl (C=O) groups excluding carboxylic acids is 2. The summed E-state index contributed by atoms with van der Waals surface area (Å²) >= 11 is 0. The lowest BCUT2D eigenvalue weighted by atomic mass is 9.80. The van der Waals surface area contributed by atoms with Gasteiger partial charge in [0.15, 0.2) is 12.6 Å². The molecule has 0 bridgehead atoms. The smallest absolute Gasteiger partial charge is 0.308 e. The van der Waals surface area contributed by atoms with Crippen LogP contribution in [0.1, 0.15) is 138 Å². The largest absolute Gasteiger partial charge is 0.460 e. The standard InChI is InChI=1S/C36H62O8/c1-7-8-21-36(5,6)31(43-34-18-12-14-23-41-34)20-19-28-27(29(38)25-30(28)42-33-17-11-13-22-40-33)16-10-9-15-26(37)24-32(39)44-35(2,3)4/h19-20,26-28,30-31,33-34,37H,7-18,21-25H2,1-6H3/t26?,27-,28-,30-,31-,33?,34?/m1/s1. The molecule has 1 saturated carbocycles. The minimum atomic E-state index is -0.746. The summed E-state index contributed by atoms with van der Waals surface area (Å²) in [5.74, 6) is -0.385. The second kappa shape index (κ2) is 18.1. The van der Waals surface area contributed by atoms with Crippen LogP contribution in [0.3, 0.4) is 0 Å². The predicted molar refractivity (Wildman–Crippen MR) is 171 cm³/mol. The molecule has 3 unspecified atom stereocenters. The third kappa shape index (κ3) is 12.8. The van der Waals surface area contributed by atoms with Crippen LogP contribution < -0.4 is 0 Å². The first kappa shape index (κ1) is 37.1. The molecule has 7 atom stereocenters. The van der Waals surface area contributed by atoms with Gasteiger partial charge in [0.25, 0.3) is 0 Å². The van der Waals surface area contributed by atoms with Gasteiger partial charge in [-0.25, -0.2) is 0 Å². The molecule has 0 radical (unpaired) electrons. The van der Waals surface area contributed by atoms with E-state index in [0.29, 0.717) is 19.4 Å². The predicted octanol–water partition coefficient (Wildman–Crippen LogP) is 7.44. The second-order valence-corrected chi connectivity index (χ2v) is 14.9. The lowest BCUT2D eigenvalue weighted by Gasteiger charge is -2.36. The summed E-state index contributed by atoms with van der Waals surface area (Å²) in [6.07, 6.45) is 15.3. The third-order valence-corrected chi connectivity index (χ3v) is 9.19. The number of carbonyl (C=O) groups is 2. The van der Waals surface area contributed by atoms with Crippen molar-refractivity contribution in [3.63, 3.8) is 0 Å². The molecule has 0 aromatic rings. The molecule has 0 spiro atoms. The fourth-order valence-corrected chi connectivity index (χ4v) is 6.62. The zero-order chi connectivity index (χ0) is 32.2. The summed E-state index contributed by atoms with van der Waals surface area (Å²) in [5.41, 5.74) is -0.652. The van der Waals surface area contributed by atoms with Gasteiger partial charge in [0.05, 0.1) is 24.7 Å². The van der Waals surface area contributed by atoms with Gasteiger partial charge in [0, 0.05) is 31.5 Å². The van der Waals surface area contributed by atoms with Gasteiger partial charge in [-0.2, -0.15) is 0 Å². The summed E-state index contributed by atoms with van der Waals surface area (Å²) in [6, 6.07) is 0. The van der Waals surface area contributed by atoms with Crippen LogP contribution in [0.2, 0.25) is 0 Å². The van der Waals surface area contributed by atoms with Gasteiger partial charge < -0.3 is 28.8 Å². The van der Waals surface area contributed by atoms with E-state index in [2.05, 4.69) is 32.9 Å². The van der Waals surface area contributed by atoms with Gasteiger partial charge in [-0.05, 0) is 84.0 Å². The molecule has 3 rings (SSSR count). The minimum Gasteiger partial charge on any atom is -0.460 e. The minimum absolute atomic E-state index is 0.0117. The Kier molecular flexibility index (Phi) is 15.3. The summed E-state index contributed by atoms with van der Waals surface area (Å²) < 4.78 is 30.3. The van der Waals surface area contributed by atoms with Crippen LogP contribution in [0.4, 0.5) is 0 Å². The van der Waals surface area contributed by atoms with E-state index < -0.39 is 11.7 Å². The Morgan fingerprint density at radius 3 is 2.30 bits per heavy atom. The van der Waals surface area contributed by atoms with Crippen LogP contribution >= 0.6 is 0 Å². The fraction of sp³-hybridized carbons (Fsp3) is 0.889. The average molecular weight is 623 g/mol. The van der Waals surface area contributed by atoms with Crippen molar-refractivity contribution in [1.29, 1.82) is 0 Å². The van der Waals surface area contributed by atoms with E-state index in [1.807, 2.05) is 20.8 Å². The Morgan fingerprint density at radius 2 is 1.68 bits per heavy atom. The third-order valence-electron chi connectivity index (χ3n) is 9.19. The maximum atomic E-state index is 13.4. The molecule has 0 aromatic carbocycles. The van der Waals surface area contributed by atoms with Gasteiger partial charge in [-0.3, -0.25) is 9.59 Å². The normalized spacial score (nSPS) is 28.3. The highest BCUT2D eigenvalue weighted by Crippen LogP contribution is 2.39. The van der Waals surface area contributed by atoms with Crippen LogP contribution in [-0.4, -0.2) is 66.6 Å². The van der Waals surface area contributed by atoms with Gasteiger partial charge >= 0.3 is 5.97 Å². The summed E-state index contributed by atoms with van der Waals surface area (Å²) in [5, 5.41) is 10.4. The molecule has 254 valence electrons. The Balaban J connectivity index is 1.69. The molecule has 2 heterocycles. The van der Waals surface area contributed by atoms with Gasteiger partial charge in [-0.1, -0.05) is 58.6 Å². The molecular weight excluding hydrogens is 560 g/mol. The highest BCUT2D eigenvalue weighted by atomic mass is 16.7. The fourth-order valence-electron chi connectivity index (χ4n) is 6.62. The number of esters is 1. The first-order chi connectivity index (χ1) is 20.9. The SMILES string of the molecule is CCCCC(C)(C)[C@@H](C=C[C@H]1[C@H](OC2CCCCO2)CC(=O)[C@@H]1CCCCC(O)CC(=O)OC(C)(C)C)OC1CCCCO1. The van der Waals surface area contributed by atoms with E-state index in [4.69, 9.17) is 23.7 Å². The molecule has 3 fully saturated rings. The maximum absolute atomic E-state index is 13.4. The monoisotopic (exact) mass is 622 g/mol. The number of ether oxygens (including phenoxy) is 5. The Labute approximate surface area is 266 Å².